The van der Waals surface area contributed by atoms with E-state index >= 15 is 0 Å². The largest absolute Gasteiger partial charge is 0.481 e. The van der Waals surface area contributed by atoms with Crippen LogP contribution in [0.5, 0.6) is 5.88 Å². The molecule has 156 valence electrons. The molecule has 0 radical (unpaired) electrons. The van der Waals surface area contributed by atoms with Crippen LogP contribution in [0.2, 0.25) is 5.02 Å². The zero-order chi connectivity index (χ0) is 21.0. The van der Waals surface area contributed by atoms with E-state index in [0.717, 1.165) is 17.8 Å². The monoisotopic (exact) mass is 428 g/mol. The first kappa shape index (κ1) is 21.2. The first-order valence-corrected chi connectivity index (χ1v) is 9.40. The van der Waals surface area contributed by atoms with Crippen molar-refractivity contribution in [1.29, 1.82) is 0 Å². The van der Waals surface area contributed by atoms with E-state index in [1.807, 2.05) is 0 Å². The van der Waals surface area contributed by atoms with Gasteiger partial charge in [0.05, 0.1) is 17.7 Å². The van der Waals surface area contributed by atoms with Gasteiger partial charge < -0.3 is 15.0 Å². The van der Waals surface area contributed by atoms with Gasteiger partial charge in [-0.3, -0.25) is 4.79 Å². The number of nitrogens with one attached hydrogen (secondary N) is 1. The Morgan fingerprint density at radius 3 is 2.66 bits per heavy atom. The van der Waals surface area contributed by atoms with Crippen molar-refractivity contribution in [3.63, 3.8) is 0 Å². The number of hydrogen-bond acceptors (Lipinski definition) is 5. The van der Waals surface area contributed by atoms with Gasteiger partial charge in [-0.15, -0.1) is 0 Å². The molecule has 0 aromatic carbocycles. The van der Waals surface area contributed by atoms with Crippen LogP contribution in [-0.2, 0) is 17.5 Å². The number of ether oxygens (including phenoxy) is 1. The molecule has 2 aromatic heterocycles. The van der Waals surface area contributed by atoms with E-state index in [9.17, 15) is 18.0 Å². The number of methoxy groups -OCH3 is 1. The van der Waals surface area contributed by atoms with Crippen LogP contribution >= 0.6 is 11.6 Å². The molecule has 1 N–H and O–H groups in total. The standard InChI is InChI=1S/C19H20ClF3N4O2/c1-29-16-8-12(2-5-24-16)10-26-18(28)13-3-6-27(7-4-13)17-15(20)9-14(11-25-17)19(21,22)23/h2,5,8-9,11,13H,3-4,6-7,10H2,1H3,(H,26,28). The molecule has 1 aliphatic rings. The summed E-state index contributed by atoms with van der Waals surface area (Å²) in [7, 11) is 1.52. The maximum atomic E-state index is 12.8. The lowest BCUT2D eigenvalue weighted by atomic mass is 9.95. The summed E-state index contributed by atoms with van der Waals surface area (Å²) in [5.41, 5.74) is -0.00312. The summed E-state index contributed by atoms with van der Waals surface area (Å²) in [4.78, 5) is 22.2. The number of hydrogen-bond donors (Lipinski definition) is 1. The zero-order valence-electron chi connectivity index (χ0n) is 15.7. The Morgan fingerprint density at radius 1 is 1.31 bits per heavy atom. The smallest absolute Gasteiger partial charge is 0.417 e. The number of rotatable bonds is 5. The molecule has 0 spiro atoms. The number of carbonyl (C=O) groups is 1. The van der Waals surface area contributed by atoms with Crippen LogP contribution in [0.1, 0.15) is 24.0 Å². The van der Waals surface area contributed by atoms with E-state index in [1.54, 1.807) is 23.2 Å². The van der Waals surface area contributed by atoms with Crippen molar-refractivity contribution >= 4 is 23.3 Å². The number of alkyl halides is 3. The Bertz CT molecular complexity index is 871. The minimum absolute atomic E-state index is 0.0469. The topological polar surface area (TPSA) is 67.3 Å². The highest BCUT2D eigenvalue weighted by atomic mass is 35.5. The van der Waals surface area contributed by atoms with Gasteiger partial charge in [-0.25, -0.2) is 9.97 Å². The fourth-order valence-corrected chi connectivity index (χ4v) is 3.46. The molecule has 0 aliphatic carbocycles. The SMILES string of the molecule is COc1cc(CNC(=O)C2CCN(c3ncc(C(F)(F)F)cc3Cl)CC2)ccn1. The average Bonchev–Trinajstić information content (AvgIpc) is 2.71. The van der Waals surface area contributed by atoms with Crippen LogP contribution in [0.25, 0.3) is 0 Å². The van der Waals surface area contributed by atoms with Crippen LogP contribution in [0.15, 0.2) is 30.6 Å². The maximum absolute atomic E-state index is 12.8. The summed E-state index contributed by atoms with van der Waals surface area (Å²) in [6.45, 7) is 1.34. The maximum Gasteiger partial charge on any atom is 0.417 e. The molecule has 3 rings (SSSR count). The van der Waals surface area contributed by atoms with Crippen molar-refractivity contribution in [2.45, 2.75) is 25.6 Å². The summed E-state index contributed by atoms with van der Waals surface area (Å²) in [5, 5.41) is 2.86. The lowest BCUT2D eigenvalue weighted by Gasteiger charge is -2.32. The summed E-state index contributed by atoms with van der Waals surface area (Å²) in [5.74, 6) is 0.545. The second kappa shape index (κ2) is 8.86. The predicted molar refractivity (Wildman–Crippen MR) is 102 cm³/mol. The number of piperidine rings is 1. The van der Waals surface area contributed by atoms with E-state index in [-0.39, 0.29) is 16.8 Å². The number of anilines is 1. The van der Waals surface area contributed by atoms with Gasteiger partial charge in [0, 0.05) is 44.0 Å². The fraction of sp³-hybridized carbons (Fsp3) is 0.421. The van der Waals surface area contributed by atoms with Crippen LogP contribution in [0.4, 0.5) is 19.0 Å². The van der Waals surface area contributed by atoms with E-state index < -0.39 is 11.7 Å². The van der Waals surface area contributed by atoms with Crippen molar-refractivity contribution in [2.24, 2.45) is 5.92 Å². The summed E-state index contributed by atoms with van der Waals surface area (Å²) >= 11 is 6.01. The normalized spacial score (nSPS) is 15.3. The fourth-order valence-electron chi connectivity index (χ4n) is 3.18. The summed E-state index contributed by atoms with van der Waals surface area (Å²) in [6.07, 6.45) is -0.975. The third-order valence-electron chi connectivity index (χ3n) is 4.79. The third kappa shape index (κ3) is 5.29. The average molecular weight is 429 g/mol. The van der Waals surface area contributed by atoms with Crippen molar-refractivity contribution in [3.8, 4) is 5.88 Å². The zero-order valence-corrected chi connectivity index (χ0v) is 16.4. The second-order valence-corrected chi connectivity index (χ2v) is 7.12. The second-order valence-electron chi connectivity index (χ2n) is 6.71. The molecule has 1 saturated heterocycles. The lowest BCUT2D eigenvalue weighted by molar-refractivity contribution is -0.137. The Labute approximate surface area is 171 Å². The Balaban J connectivity index is 1.54. The first-order chi connectivity index (χ1) is 13.8. The first-order valence-electron chi connectivity index (χ1n) is 9.02. The third-order valence-corrected chi connectivity index (χ3v) is 5.07. The van der Waals surface area contributed by atoms with Gasteiger partial charge in [-0.2, -0.15) is 13.2 Å². The van der Waals surface area contributed by atoms with Crippen LogP contribution in [0, 0.1) is 5.92 Å². The number of halogens is 4. The number of amides is 1. The van der Waals surface area contributed by atoms with Gasteiger partial charge in [0.15, 0.2) is 0 Å². The molecule has 0 saturated carbocycles. The van der Waals surface area contributed by atoms with E-state index in [1.165, 1.54) is 7.11 Å². The van der Waals surface area contributed by atoms with Gasteiger partial charge in [0.2, 0.25) is 11.8 Å². The van der Waals surface area contributed by atoms with Crippen molar-refractivity contribution in [2.75, 3.05) is 25.1 Å². The minimum Gasteiger partial charge on any atom is -0.481 e. The molecule has 1 amide bonds. The Hall–Kier alpha value is -2.55. The Kier molecular flexibility index (Phi) is 6.46. The highest BCUT2D eigenvalue weighted by Gasteiger charge is 2.33. The number of pyridine rings is 2. The number of nitrogens with zero attached hydrogens (tertiary/aromatic N) is 3. The van der Waals surface area contributed by atoms with Gasteiger partial charge in [-0.1, -0.05) is 11.6 Å². The van der Waals surface area contributed by atoms with Crippen molar-refractivity contribution in [3.05, 3.63) is 46.7 Å². The minimum atomic E-state index is -4.49. The number of carbonyl (C=O) groups excluding carboxylic acids is 1. The van der Waals surface area contributed by atoms with E-state index in [2.05, 4.69) is 15.3 Å². The van der Waals surface area contributed by atoms with Crippen LogP contribution in [0.3, 0.4) is 0 Å². The van der Waals surface area contributed by atoms with Crippen molar-refractivity contribution < 1.29 is 22.7 Å². The summed E-state index contributed by atoms with van der Waals surface area (Å²) in [6, 6.07) is 4.43. The van der Waals surface area contributed by atoms with Gasteiger partial charge in [-0.05, 0) is 30.5 Å². The highest BCUT2D eigenvalue weighted by molar-refractivity contribution is 6.33. The van der Waals surface area contributed by atoms with Crippen molar-refractivity contribution in [1.82, 2.24) is 15.3 Å². The van der Waals surface area contributed by atoms with E-state index in [4.69, 9.17) is 16.3 Å². The molecule has 0 bridgehead atoms. The molecule has 29 heavy (non-hydrogen) atoms. The van der Waals surface area contributed by atoms with E-state index in [0.29, 0.717) is 44.2 Å². The molecule has 1 fully saturated rings. The molecule has 1 aliphatic heterocycles. The highest BCUT2D eigenvalue weighted by Crippen LogP contribution is 2.34. The molecule has 2 aromatic rings. The molecule has 3 heterocycles. The Morgan fingerprint density at radius 2 is 2.03 bits per heavy atom. The molecule has 10 heteroatoms. The number of aromatic nitrogens is 2. The molecular formula is C19H20ClF3N4O2. The van der Waals surface area contributed by atoms with Gasteiger partial charge >= 0.3 is 6.18 Å². The lowest BCUT2D eigenvalue weighted by Crippen LogP contribution is -2.40. The summed E-state index contributed by atoms with van der Waals surface area (Å²) < 4.78 is 43.3. The van der Waals surface area contributed by atoms with Crippen LogP contribution < -0.4 is 15.0 Å². The van der Waals surface area contributed by atoms with Gasteiger partial charge in [0.1, 0.15) is 5.82 Å². The van der Waals surface area contributed by atoms with Crippen LogP contribution in [-0.4, -0.2) is 36.1 Å². The molecular weight excluding hydrogens is 409 g/mol. The molecule has 0 unspecified atom stereocenters. The predicted octanol–water partition coefficient (Wildman–Crippen LogP) is 3.69. The molecule has 0 atom stereocenters. The quantitative estimate of drug-likeness (QED) is 0.786. The molecule has 6 nitrogen and oxygen atoms in total. The van der Waals surface area contributed by atoms with Gasteiger partial charge in [0.25, 0.3) is 0 Å².